The van der Waals surface area contributed by atoms with E-state index in [0.717, 1.165) is 36.9 Å². The van der Waals surface area contributed by atoms with Gasteiger partial charge in [0.15, 0.2) is 0 Å². The summed E-state index contributed by atoms with van der Waals surface area (Å²) in [5, 5.41) is 10.4. The van der Waals surface area contributed by atoms with Crippen LogP contribution in [0.1, 0.15) is 24.8 Å². The Hall–Kier alpha value is -1.74. The number of hydrogen-bond donors (Lipinski definition) is 3. The van der Waals surface area contributed by atoms with Crippen LogP contribution in [0.25, 0.3) is 10.9 Å². The lowest BCUT2D eigenvalue weighted by atomic mass is 10.1. The van der Waals surface area contributed by atoms with Gasteiger partial charge in [-0.25, -0.2) is 13.1 Å². The first-order valence-corrected chi connectivity index (χ1v) is 10.4. The molecule has 1 unspecified atom stereocenters. The molecule has 1 aromatic carbocycles. The number of hydrogen-bond acceptors (Lipinski definition) is 5. The van der Waals surface area contributed by atoms with Gasteiger partial charge in [-0.2, -0.15) is 0 Å². The van der Waals surface area contributed by atoms with Crippen molar-refractivity contribution in [2.45, 2.75) is 37.2 Å². The molecule has 3 N–H and O–H groups in total. The predicted octanol–water partition coefficient (Wildman–Crippen LogP) is 0.962. The molecule has 26 heavy (non-hydrogen) atoms. The summed E-state index contributed by atoms with van der Waals surface area (Å²) in [5.74, 6) is 0. The second-order valence-corrected chi connectivity index (χ2v) is 8.64. The molecule has 2 aromatic rings. The highest BCUT2D eigenvalue weighted by molar-refractivity contribution is 7.89. The number of nitrogens with one attached hydrogen (secondary N) is 2. The van der Waals surface area contributed by atoms with Gasteiger partial charge in [0.25, 0.3) is 0 Å². The molecule has 0 spiro atoms. The van der Waals surface area contributed by atoms with Gasteiger partial charge in [-0.15, -0.1) is 0 Å². The number of H-pyrrole nitrogens is 1. The molecule has 142 valence electrons. The molecular weight excluding hydrogens is 354 g/mol. The summed E-state index contributed by atoms with van der Waals surface area (Å²) in [6.07, 6.45) is 2.24. The first kappa shape index (κ1) is 19.0. The molecule has 0 amide bonds. The van der Waals surface area contributed by atoms with E-state index in [4.69, 9.17) is 0 Å². The minimum absolute atomic E-state index is 0.188. The topological polar surface area (TPSA) is 102 Å². The SMILES string of the molecule is Cc1cc(=O)[nH]c2ccc(S(=O)(=O)NCCCN3CCCC(O)C3)cc12. The molecule has 1 saturated heterocycles. The van der Waals surface area contributed by atoms with Crippen LogP contribution in [0.2, 0.25) is 0 Å². The van der Waals surface area contributed by atoms with Crippen molar-refractivity contribution in [3.05, 3.63) is 40.2 Å². The van der Waals surface area contributed by atoms with E-state index < -0.39 is 10.0 Å². The maximum Gasteiger partial charge on any atom is 0.248 e. The fourth-order valence-corrected chi connectivity index (χ4v) is 4.50. The van der Waals surface area contributed by atoms with E-state index in [1.165, 1.54) is 12.1 Å². The number of likely N-dealkylation sites (tertiary alicyclic amines) is 1. The van der Waals surface area contributed by atoms with E-state index >= 15 is 0 Å². The maximum atomic E-state index is 12.5. The lowest BCUT2D eigenvalue weighted by Crippen LogP contribution is -2.39. The van der Waals surface area contributed by atoms with E-state index in [2.05, 4.69) is 14.6 Å². The summed E-state index contributed by atoms with van der Waals surface area (Å²) in [5.41, 5.74) is 1.16. The zero-order valence-electron chi connectivity index (χ0n) is 14.9. The van der Waals surface area contributed by atoms with E-state index in [0.29, 0.717) is 25.0 Å². The van der Waals surface area contributed by atoms with Gasteiger partial charge >= 0.3 is 0 Å². The minimum atomic E-state index is -3.60. The Morgan fingerprint density at radius 1 is 1.35 bits per heavy atom. The third-order valence-corrected chi connectivity index (χ3v) is 6.21. The summed E-state index contributed by atoms with van der Waals surface area (Å²) in [6, 6.07) is 6.16. The van der Waals surface area contributed by atoms with Gasteiger partial charge in [-0.3, -0.25) is 4.79 Å². The zero-order valence-corrected chi connectivity index (χ0v) is 15.7. The van der Waals surface area contributed by atoms with Crippen LogP contribution in [0.3, 0.4) is 0 Å². The molecule has 1 atom stereocenters. The number of nitrogens with zero attached hydrogens (tertiary/aromatic N) is 1. The van der Waals surface area contributed by atoms with Gasteiger partial charge in [-0.05, 0) is 63.0 Å². The van der Waals surface area contributed by atoms with Crippen LogP contribution < -0.4 is 10.3 Å². The summed E-state index contributed by atoms with van der Waals surface area (Å²) in [6.45, 7) is 4.50. The number of pyridine rings is 1. The summed E-state index contributed by atoms with van der Waals surface area (Å²) < 4.78 is 27.7. The van der Waals surface area contributed by atoms with Gasteiger partial charge < -0.3 is 15.0 Å². The summed E-state index contributed by atoms with van der Waals surface area (Å²) in [7, 11) is -3.60. The van der Waals surface area contributed by atoms with Crippen LogP contribution in [-0.4, -0.2) is 55.7 Å². The van der Waals surface area contributed by atoms with Crippen molar-refractivity contribution in [3.63, 3.8) is 0 Å². The lowest BCUT2D eigenvalue weighted by Gasteiger charge is -2.29. The summed E-state index contributed by atoms with van der Waals surface area (Å²) in [4.78, 5) is 16.6. The third-order valence-electron chi connectivity index (χ3n) is 4.76. The third kappa shape index (κ3) is 4.50. The van der Waals surface area contributed by atoms with Gasteiger partial charge in [0.2, 0.25) is 15.6 Å². The number of benzene rings is 1. The first-order valence-electron chi connectivity index (χ1n) is 8.89. The molecule has 0 saturated carbocycles. The van der Waals surface area contributed by atoms with Crippen LogP contribution in [0.15, 0.2) is 34.0 Å². The lowest BCUT2D eigenvalue weighted by molar-refractivity contribution is 0.0704. The van der Waals surface area contributed by atoms with E-state index in [9.17, 15) is 18.3 Å². The van der Waals surface area contributed by atoms with Crippen LogP contribution in [0.4, 0.5) is 0 Å². The highest BCUT2D eigenvalue weighted by Crippen LogP contribution is 2.19. The van der Waals surface area contributed by atoms with Crippen molar-refractivity contribution in [2.75, 3.05) is 26.2 Å². The fraction of sp³-hybridized carbons (Fsp3) is 0.500. The Balaban J connectivity index is 1.63. The monoisotopic (exact) mass is 379 g/mol. The van der Waals surface area contributed by atoms with Crippen molar-refractivity contribution in [1.29, 1.82) is 0 Å². The number of aliphatic hydroxyl groups is 1. The number of aliphatic hydroxyl groups excluding tert-OH is 1. The second-order valence-electron chi connectivity index (χ2n) is 6.87. The Morgan fingerprint density at radius 3 is 2.92 bits per heavy atom. The maximum absolute atomic E-state index is 12.5. The average Bonchev–Trinajstić information content (AvgIpc) is 2.58. The molecule has 1 aromatic heterocycles. The number of sulfonamides is 1. The predicted molar refractivity (Wildman–Crippen MR) is 101 cm³/mol. The van der Waals surface area contributed by atoms with Gasteiger partial charge in [-0.1, -0.05) is 0 Å². The van der Waals surface area contributed by atoms with E-state index in [-0.39, 0.29) is 16.6 Å². The molecular formula is C18H25N3O4S. The number of aromatic amines is 1. The van der Waals surface area contributed by atoms with Crippen LogP contribution in [0.5, 0.6) is 0 Å². The van der Waals surface area contributed by atoms with Crippen molar-refractivity contribution >= 4 is 20.9 Å². The Morgan fingerprint density at radius 2 is 2.15 bits per heavy atom. The highest BCUT2D eigenvalue weighted by atomic mass is 32.2. The zero-order chi connectivity index (χ0) is 18.7. The van der Waals surface area contributed by atoms with Crippen molar-refractivity contribution < 1.29 is 13.5 Å². The quantitative estimate of drug-likeness (QED) is 0.649. The second kappa shape index (κ2) is 7.87. The smallest absolute Gasteiger partial charge is 0.248 e. The molecule has 7 nitrogen and oxygen atoms in total. The normalized spacial score (nSPS) is 19.1. The molecule has 0 aliphatic carbocycles. The Kier molecular flexibility index (Phi) is 5.76. The minimum Gasteiger partial charge on any atom is -0.392 e. The molecule has 1 fully saturated rings. The molecule has 0 radical (unpaired) electrons. The molecule has 1 aliphatic heterocycles. The van der Waals surface area contributed by atoms with Crippen LogP contribution in [-0.2, 0) is 10.0 Å². The highest BCUT2D eigenvalue weighted by Gasteiger charge is 2.18. The fourth-order valence-electron chi connectivity index (χ4n) is 3.40. The van der Waals surface area contributed by atoms with E-state index in [1.54, 1.807) is 19.1 Å². The number of piperidine rings is 1. The number of aromatic nitrogens is 1. The number of β-amino-alcohol motifs (C(OH)–C–C–N with tert-alkyl or cyclic N) is 1. The molecule has 3 rings (SSSR count). The van der Waals surface area contributed by atoms with Crippen molar-refractivity contribution in [1.82, 2.24) is 14.6 Å². The Bertz CT molecular complexity index is 939. The van der Waals surface area contributed by atoms with Crippen LogP contribution >= 0.6 is 0 Å². The van der Waals surface area contributed by atoms with Crippen LogP contribution in [0, 0.1) is 6.92 Å². The summed E-state index contributed by atoms with van der Waals surface area (Å²) >= 11 is 0. The first-order chi connectivity index (χ1) is 12.3. The van der Waals surface area contributed by atoms with Gasteiger partial charge in [0.1, 0.15) is 0 Å². The average molecular weight is 379 g/mol. The Labute approximate surface area is 153 Å². The molecule has 8 heteroatoms. The van der Waals surface area contributed by atoms with E-state index in [1.807, 2.05) is 0 Å². The van der Waals surface area contributed by atoms with Crippen molar-refractivity contribution in [3.8, 4) is 0 Å². The number of aryl methyl sites for hydroxylation is 1. The van der Waals surface area contributed by atoms with Gasteiger partial charge in [0.05, 0.1) is 11.0 Å². The van der Waals surface area contributed by atoms with Gasteiger partial charge in [0, 0.05) is 30.1 Å². The molecule has 2 heterocycles. The molecule has 0 bridgehead atoms. The molecule has 1 aliphatic rings. The van der Waals surface area contributed by atoms with Crippen molar-refractivity contribution in [2.24, 2.45) is 0 Å². The standard InChI is InChI=1S/C18H25N3O4S/c1-13-10-18(23)20-17-6-5-15(11-16(13)17)26(24,25)19-7-3-9-21-8-2-4-14(22)12-21/h5-6,10-11,14,19,22H,2-4,7-9,12H2,1H3,(H,20,23). The number of rotatable bonds is 6. The largest absolute Gasteiger partial charge is 0.392 e. The number of fused-ring (bicyclic) bond motifs is 1.